The molecule has 2 heterocycles. The number of anilines is 1. The SMILES string of the molecule is O=C(Nc1ccc(Cl)cn1)c1cc(-c2ccc3c(c2)CCCC3)on1. The van der Waals surface area contributed by atoms with Crippen molar-refractivity contribution in [1.82, 2.24) is 10.1 Å². The molecule has 1 aliphatic carbocycles. The Kier molecular flexibility index (Phi) is 4.24. The lowest BCUT2D eigenvalue weighted by atomic mass is 9.90. The van der Waals surface area contributed by atoms with E-state index in [1.807, 2.05) is 6.07 Å². The molecule has 0 radical (unpaired) electrons. The van der Waals surface area contributed by atoms with Gasteiger partial charge in [0.15, 0.2) is 11.5 Å². The van der Waals surface area contributed by atoms with Crippen molar-refractivity contribution in [3.8, 4) is 11.3 Å². The number of nitrogens with one attached hydrogen (secondary N) is 1. The lowest BCUT2D eigenvalue weighted by Gasteiger charge is -2.15. The van der Waals surface area contributed by atoms with Crippen LogP contribution < -0.4 is 5.32 Å². The second kappa shape index (κ2) is 6.69. The lowest BCUT2D eigenvalue weighted by molar-refractivity contribution is 0.101. The Bertz CT molecular complexity index is 919. The molecule has 1 N–H and O–H groups in total. The summed E-state index contributed by atoms with van der Waals surface area (Å²) >= 11 is 5.78. The molecule has 0 saturated heterocycles. The molecular formula is C19H16ClN3O2. The van der Waals surface area contributed by atoms with Crippen molar-refractivity contribution in [3.63, 3.8) is 0 Å². The molecule has 6 heteroatoms. The molecule has 4 rings (SSSR count). The first-order valence-corrected chi connectivity index (χ1v) is 8.59. The van der Waals surface area contributed by atoms with Crippen molar-refractivity contribution >= 4 is 23.3 Å². The van der Waals surface area contributed by atoms with Crippen LogP contribution in [0, 0.1) is 0 Å². The predicted octanol–water partition coefficient (Wildman–Crippen LogP) is 4.52. The van der Waals surface area contributed by atoms with Gasteiger partial charge < -0.3 is 9.84 Å². The van der Waals surface area contributed by atoms with Crippen LogP contribution in [0.4, 0.5) is 5.82 Å². The van der Waals surface area contributed by atoms with Crippen molar-refractivity contribution < 1.29 is 9.32 Å². The van der Waals surface area contributed by atoms with Crippen molar-refractivity contribution in [2.24, 2.45) is 0 Å². The largest absolute Gasteiger partial charge is 0.355 e. The van der Waals surface area contributed by atoms with E-state index in [0.29, 0.717) is 16.6 Å². The first-order chi connectivity index (χ1) is 12.2. The van der Waals surface area contributed by atoms with E-state index in [0.717, 1.165) is 18.4 Å². The first-order valence-electron chi connectivity index (χ1n) is 8.21. The number of carbonyl (C=O) groups excluding carboxylic acids is 1. The normalized spacial score (nSPS) is 13.3. The molecule has 25 heavy (non-hydrogen) atoms. The van der Waals surface area contributed by atoms with E-state index in [1.54, 1.807) is 18.2 Å². The Morgan fingerprint density at radius 1 is 1.08 bits per heavy atom. The number of benzene rings is 1. The van der Waals surface area contributed by atoms with E-state index < -0.39 is 0 Å². The molecule has 1 aliphatic rings. The smallest absolute Gasteiger partial charge is 0.279 e. The van der Waals surface area contributed by atoms with Crippen LogP contribution in [-0.2, 0) is 12.8 Å². The average Bonchev–Trinajstić information content (AvgIpc) is 3.13. The Morgan fingerprint density at radius 3 is 2.72 bits per heavy atom. The number of fused-ring (bicyclic) bond motifs is 1. The Balaban J connectivity index is 1.53. The number of aryl methyl sites for hydroxylation is 2. The molecule has 1 aromatic carbocycles. The van der Waals surface area contributed by atoms with E-state index in [4.69, 9.17) is 16.1 Å². The lowest BCUT2D eigenvalue weighted by Crippen LogP contribution is -2.13. The maximum absolute atomic E-state index is 12.3. The van der Waals surface area contributed by atoms with E-state index >= 15 is 0 Å². The fraction of sp³-hybridized carbons (Fsp3) is 0.211. The van der Waals surface area contributed by atoms with Gasteiger partial charge in [-0.1, -0.05) is 28.9 Å². The zero-order valence-corrected chi connectivity index (χ0v) is 14.2. The third-order valence-corrected chi connectivity index (χ3v) is 4.57. The van der Waals surface area contributed by atoms with Gasteiger partial charge in [0.05, 0.1) is 5.02 Å². The van der Waals surface area contributed by atoms with Gasteiger partial charge >= 0.3 is 0 Å². The summed E-state index contributed by atoms with van der Waals surface area (Å²) in [6.07, 6.45) is 6.16. The highest BCUT2D eigenvalue weighted by Gasteiger charge is 2.16. The molecule has 3 aromatic rings. The zero-order chi connectivity index (χ0) is 17.2. The number of nitrogens with zero attached hydrogens (tertiary/aromatic N) is 2. The first kappa shape index (κ1) is 15.8. The second-order valence-corrected chi connectivity index (χ2v) is 6.52. The number of hydrogen-bond donors (Lipinski definition) is 1. The molecule has 0 spiro atoms. The summed E-state index contributed by atoms with van der Waals surface area (Å²) in [5, 5.41) is 7.05. The average molecular weight is 354 g/mol. The molecular weight excluding hydrogens is 338 g/mol. The van der Waals surface area contributed by atoms with Crippen molar-refractivity contribution in [2.45, 2.75) is 25.7 Å². The summed E-state index contributed by atoms with van der Waals surface area (Å²) in [5.74, 6) is 0.623. The molecule has 0 bridgehead atoms. The number of halogens is 1. The van der Waals surface area contributed by atoms with E-state index in [-0.39, 0.29) is 11.6 Å². The molecule has 1 amide bonds. The quantitative estimate of drug-likeness (QED) is 0.751. The van der Waals surface area contributed by atoms with Crippen molar-refractivity contribution in [2.75, 3.05) is 5.32 Å². The number of hydrogen-bond acceptors (Lipinski definition) is 4. The topological polar surface area (TPSA) is 68.0 Å². The third-order valence-electron chi connectivity index (χ3n) is 4.34. The van der Waals surface area contributed by atoms with E-state index in [9.17, 15) is 4.79 Å². The number of amides is 1. The molecule has 0 atom stereocenters. The fourth-order valence-electron chi connectivity index (χ4n) is 3.04. The van der Waals surface area contributed by atoms with E-state index in [2.05, 4.69) is 27.6 Å². The number of carbonyl (C=O) groups is 1. The zero-order valence-electron chi connectivity index (χ0n) is 13.5. The van der Waals surface area contributed by atoms with Gasteiger partial charge in [0.1, 0.15) is 5.82 Å². The van der Waals surface area contributed by atoms with Crippen molar-refractivity contribution in [3.05, 3.63) is 64.4 Å². The maximum atomic E-state index is 12.3. The third kappa shape index (κ3) is 3.42. The van der Waals surface area contributed by atoms with Crippen LogP contribution >= 0.6 is 11.6 Å². The summed E-state index contributed by atoms with van der Waals surface area (Å²) in [7, 11) is 0. The minimum Gasteiger partial charge on any atom is -0.355 e. The van der Waals surface area contributed by atoms with Crippen LogP contribution in [0.3, 0.4) is 0 Å². The van der Waals surface area contributed by atoms with Gasteiger partial charge in [-0.25, -0.2) is 4.98 Å². The van der Waals surface area contributed by atoms with Crippen LogP contribution in [0.2, 0.25) is 5.02 Å². The highest BCUT2D eigenvalue weighted by Crippen LogP contribution is 2.28. The molecule has 0 aliphatic heterocycles. The molecule has 0 saturated carbocycles. The Hall–Kier alpha value is -2.66. The van der Waals surface area contributed by atoms with Crippen LogP contribution in [0.1, 0.15) is 34.5 Å². The summed E-state index contributed by atoms with van der Waals surface area (Å²) in [4.78, 5) is 16.3. The fourth-order valence-corrected chi connectivity index (χ4v) is 3.15. The predicted molar refractivity (Wildman–Crippen MR) is 95.8 cm³/mol. The van der Waals surface area contributed by atoms with Gasteiger partial charge in [0, 0.05) is 17.8 Å². The standard InChI is InChI=1S/C19H16ClN3O2/c20-15-7-8-18(21-11-15)22-19(24)16-10-17(25-23-16)14-6-5-12-3-1-2-4-13(12)9-14/h5-11H,1-4H2,(H,21,22,24). The number of rotatable bonds is 3. The van der Waals surface area contributed by atoms with Gasteiger partial charge in [0.25, 0.3) is 5.91 Å². The van der Waals surface area contributed by atoms with Gasteiger partial charge in [-0.15, -0.1) is 0 Å². The molecule has 5 nitrogen and oxygen atoms in total. The van der Waals surface area contributed by atoms with Crippen LogP contribution in [0.5, 0.6) is 0 Å². The Morgan fingerprint density at radius 2 is 1.92 bits per heavy atom. The van der Waals surface area contributed by atoms with E-state index in [1.165, 1.54) is 30.2 Å². The molecule has 0 unspecified atom stereocenters. The van der Waals surface area contributed by atoms with Crippen LogP contribution in [0.15, 0.2) is 47.1 Å². The van der Waals surface area contributed by atoms with Gasteiger partial charge in [0.2, 0.25) is 0 Å². The number of pyridine rings is 1. The second-order valence-electron chi connectivity index (χ2n) is 6.08. The summed E-state index contributed by atoms with van der Waals surface area (Å²) in [6.45, 7) is 0. The summed E-state index contributed by atoms with van der Waals surface area (Å²) in [6, 6.07) is 11.2. The van der Waals surface area contributed by atoms with Crippen LogP contribution in [-0.4, -0.2) is 16.0 Å². The summed E-state index contributed by atoms with van der Waals surface area (Å²) < 4.78 is 5.37. The van der Waals surface area contributed by atoms with Crippen LogP contribution in [0.25, 0.3) is 11.3 Å². The molecule has 126 valence electrons. The minimum absolute atomic E-state index is 0.212. The van der Waals surface area contributed by atoms with Gasteiger partial charge in [-0.2, -0.15) is 0 Å². The monoisotopic (exact) mass is 353 g/mol. The minimum atomic E-state index is -0.372. The summed E-state index contributed by atoms with van der Waals surface area (Å²) in [5.41, 5.74) is 3.92. The number of aromatic nitrogens is 2. The Labute approximate surface area is 150 Å². The molecule has 0 fully saturated rings. The van der Waals surface area contributed by atoms with Gasteiger partial charge in [-0.05, 0) is 55.0 Å². The maximum Gasteiger partial charge on any atom is 0.279 e. The highest BCUT2D eigenvalue weighted by molar-refractivity contribution is 6.30. The highest BCUT2D eigenvalue weighted by atomic mass is 35.5. The van der Waals surface area contributed by atoms with Crippen molar-refractivity contribution in [1.29, 1.82) is 0 Å². The molecule has 2 aromatic heterocycles. The van der Waals surface area contributed by atoms with Gasteiger partial charge in [-0.3, -0.25) is 4.79 Å².